The quantitative estimate of drug-likeness (QED) is 0.394. The molecule has 2 aromatic carbocycles. The zero-order valence-electron chi connectivity index (χ0n) is 14.5. The molecule has 6 nitrogen and oxygen atoms in total. The Morgan fingerprint density at radius 1 is 0.962 bits per heavy atom. The third-order valence-corrected chi connectivity index (χ3v) is 3.85. The fourth-order valence-corrected chi connectivity index (χ4v) is 2.28. The Kier molecular flexibility index (Phi) is 7.57. The molecule has 2 aromatic rings. The Hall–Kier alpha value is -2.93. The van der Waals surface area contributed by atoms with Crippen LogP contribution in [0.5, 0.6) is 5.75 Å². The summed E-state index contributed by atoms with van der Waals surface area (Å²) in [6.07, 6.45) is 0.228. The first-order chi connectivity index (χ1) is 12.6. The van der Waals surface area contributed by atoms with Crippen molar-refractivity contribution in [1.82, 2.24) is 16.2 Å². The molecule has 0 heterocycles. The van der Waals surface area contributed by atoms with Crippen molar-refractivity contribution in [3.63, 3.8) is 0 Å². The van der Waals surface area contributed by atoms with Crippen molar-refractivity contribution in [1.29, 1.82) is 0 Å². The fourth-order valence-electron chi connectivity index (χ4n) is 2.15. The van der Waals surface area contributed by atoms with Crippen LogP contribution in [0, 0.1) is 0 Å². The van der Waals surface area contributed by atoms with Crippen molar-refractivity contribution in [3.05, 3.63) is 65.7 Å². The molecule has 7 heteroatoms. The van der Waals surface area contributed by atoms with E-state index in [4.69, 9.17) is 17.0 Å². The number of methoxy groups -OCH3 is 1. The summed E-state index contributed by atoms with van der Waals surface area (Å²) in [7, 11) is 1.61. The second kappa shape index (κ2) is 10.1. The van der Waals surface area contributed by atoms with Gasteiger partial charge in [-0.25, -0.2) is 0 Å². The molecule has 0 bridgehead atoms. The molecule has 0 aliphatic rings. The van der Waals surface area contributed by atoms with E-state index < -0.39 is 0 Å². The van der Waals surface area contributed by atoms with Crippen molar-refractivity contribution in [2.24, 2.45) is 0 Å². The lowest BCUT2D eigenvalue weighted by Gasteiger charge is -2.12. The number of hydrogen-bond acceptors (Lipinski definition) is 4. The van der Waals surface area contributed by atoms with Crippen LogP contribution in [0.4, 0.5) is 0 Å². The Morgan fingerprint density at radius 3 is 2.31 bits per heavy atom. The number of ketones is 1. The second-order valence-electron chi connectivity index (χ2n) is 5.49. The standard InChI is InChI=1S/C19H21N3O3S/c1-25-16-9-7-14(8-10-16)13-20-19(26)22-21-18(24)12-11-17(23)15-5-3-2-4-6-15/h2-10H,11-13H2,1H3,(H,21,24)(H2,20,22,26). The van der Waals surface area contributed by atoms with Gasteiger partial charge in [-0.2, -0.15) is 0 Å². The molecular weight excluding hydrogens is 350 g/mol. The van der Waals surface area contributed by atoms with Crippen molar-refractivity contribution in [2.75, 3.05) is 7.11 Å². The summed E-state index contributed by atoms with van der Waals surface area (Å²) in [5.41, 5.74) is 6.73. The normalized spacial score (nSPS) is 9.88. The Morgan fingerprint density at radius 2 is 1.65 bits per heavy atom. The minimum atomic E-state index is -0.303. The molecule has 0 atom stereocenters. The average molecular weight is 371 g/mol. The van der Waals surface area contributed by atoms with Gasteiger partial charge in [0.05, 0.1) is 7.11 Å². The summed E-state index contributed by atoms with van der Waals surface area (Å²) in [5.74, 6) is 0.413. The maximum absolute atomic E-state index is 11.9. The highest BCUT2D eigenvalue weighted by Crippen LogP contribution is 2.10. The first-order valence-electron chi connectivity index (χ1n) is 8.12. The molecule has 0 spiro atoms. The van der Waals surface area contributed by atoms with Gasteiger partial charge in [0.15, 0.2) is 10.9 Å². The van der Waals surface area contributed by atoms with Crippen molar-refractivity contribution < 1.29 is 14.3 Å². The summed E-state index contributed by atoms with van der Waals surface area (Å²) in [5, 5.41) is 3.28. The fraction of sp³-hybridized carbons (Fsp3) is 0.211. The van der Waals surface area contributed by atoms with Gasteiger partial charge in [0, 0.05) is 24.9 Å². The van der Waals surface area contributed by atoms with E-state index in [0.29, 0.717) is 17.2 Å². The molecule has 0 aliphatic carbocycles. The van der Waals surface area contributed by atoms with Crippen LogP contribution >= 0.6 is 12.2 Å². The lowest BCUT2D eigenvalue weighted by molar-refractivity contribution is -0.121. The minimum Gasteiger partial charge on any atom is -0.497 e. The van der Waals surface area contributed by atoms with Gasteiger partial charge in [0.1, 0.15) is 5.75 Å². The van der Waals surface area contributed by atoms with Crippen molar-refractivity contribution in [2.45, 2.75) is 19.4 Å². The van der Waals surface area contributed by atoms with E-state index in [2.05, 4.69) is 16.2 Å². The number of hydrogen-bond donors (Lipinski definition) is 3. The molecule has 0 saturated carbocycles. The summed E-state index contributed by atoms with van der Waals surface area (Å²) in [6, 6.07) is 16.5. The number of benzene rings is 2. The minimum absolute atomic E-state index is 0.0686. The first kappa shape index (κ1) is 19.4. The zero-order valence-corrected chi connectivity index (χ0v) is 15.3. The second-order valence-corrected chi connectivity index (χ2v) is 5.90. The van der Waals surface area contributed by atoms with Crippen molar-refractivity contribution in [3.8, 4) is 5.75 Å². The van der Waals surface area contributed by atoms with Gasteiger partial charge in [0.25, 0.3) is 0 Å². The summed E-state index contributed by atoms with van der Waals surface area (Å²) < 4.78 is 5.10. The average Bonchev–Trinajstić information content (AvgIpc) is 2.69. The molecule has 26 heavy (non-hydrogen) atoms. The summed E-state index contributed by atoms with van der Waals surface area (Å²) in [6.45, 7) is 0.512. The molecule has 136 valence electrons. The van der Waals surface area contributed by atoms with Crippen LogP contribution in [-0.4, -0.2) is 23.9 Å². The summed E-state index contributed by atoms with van der Waals surface area (Å²) >= 11 is 5.10. The smallest absolute Gasteiger partial charge is 0.238 e. The molecule has 0 aromatic heterocycles. The lowest BCUT2D eigenvalue weighted by atomic mass is 10.1. The number of ether oxygens (including phenoxy) is 1. The number of carbonyl (C=O) groups excluding carboxylic acids is 2. The van der Waals surface area contributed by atoms with Gasteiger partial charge in [-0.15, -0.1) is 0 Å². The SMILES string of the molecule is COc1ccc(CNC(=S)NNC(=O)CCC(=O)c2ccccc2)cc1. The molecule has 0 radical (unpaired) electrons. The molecule has 1 amide bonds. The number of Topliss-reactive ketones (excluding diaryl/α,β-unsaturated/α-hetero) is 1. The van der Waals surface area contributed by atoms with Crippen LogP contribution in [0.1, 0.15) is 28.8 Å². The topological polar surface area (TPSA) is 79.5 Å². The van der Waals surface area contributed by atoms with Gasteiger partial charge in [0.2, 0.25) is 5.91 Å². The summed E-state index contributed by atoms with van der Waals surface area (Å²) in [4.78, 5) is 23.7. The Bertz CT molecular complexity index is 748. The van der Waals surface area contributed by atoms with Crippen molar-refractivity contribution >= 4 is 29.0 Å². The predicted molar refractivity (Wildman–Crippen MR) is 104 cm³/mol. The van der Waals surface area contributed by atoms with Crippen LogP contribution in [0.15, 0.2) is 54.6 Å². The molecular formula is C19H21N3O3S. The first-order valence-corrected chi connectivity index (χ1v) is 8.53. The van der Waals surface area contributed by atoms with E-state index in [1.807, 2.05) is 30.3 Å². The highest BCUT2D eigenvalue weighted by Gasteiger charge is 2.09. The Labute approximate surface area is 157 Å². The van der Waals surface area contributed by atoms with Gasteiger partial charge in [-0.05, 0) is 29.9 Å². The van der Waals surface area contributed by atoms with E-state index in [-0.39, 0.29) is 24.5 Å². The zero-order chi connectivity index (χ0) is 18.8. The lowest BCUT2D eigenvalue weighted by Crippen LogP contribution is -2.46. The number of hydrazine groups is 1. The molecule has 0 fully saturated rings. The molecule has 0 saturated heterocycles. The van der Waals surface area contributed by atoms with E-state index in [0.717, 1.165) is 11.3 Å². The van der Waals surface area contributed by atoms with Gasteiger partial charge < -0.3 is 10.1 Å². The van der Waals surface area contributed by atoms with E-state index in [1.165, 1.54) is 0 Å². The highest BCUT2D eigenvalue weighted by atomic mass is 32.1. The van der Waals surface area contributed by atoms with E-state index in [1.54, 1.807) is 31.4 Å². The van der Waals surface area contributed by atoms with Crippen LogP contribution < -0.4 is 20.9 Å². The Balaban J connectivity index is 1.65. The van der Waals surface area contributed by atoms with E-state index in [9.17, 15) is 9.59 Å². The van der Waals surface area contributed by atoms with Crippen LogP contribution in [0.2, 0.25) is 0 Å². The van der Waals surface area contributed by atoms with Gasteiger partial charge in [-0.1, -0.05) is 42.5 Å². The van der Waals surface area contributed by atoms with Crippen LogP contribution in [0.3, 0.4) is 0 Å². The maximum atomic E-state index is 11.9. The van der Waals surface area contributed by atoms with E-state index >= 15 is 0 Å². The monoisotopic (exact) mass is 371 g/mol. The van der Waals surface area contributed by atoms with Crippen LogP contribution in [-0.2, 0) is 11.3 Å². The predicted octanol–water partition coefficient (Wildman–Crippen LogP) is 2.35. The third kappa shape index (κ3) is 6.52. The molecule has 0 aliphatic heterocycles. The van der Waals surface area contributed by atoms with Gasteiger partial charge >= 0.3 is 0 Å². The van der Waals surface area contributed by atoms with Crippen LogP contribution in [0.25, 0.3) is 0 Å². The number of nitrogens with one attached hydrogen (secondary N) is 3. The number of rotatable bonds is 7. The van der Waals surface area contributed by atoms with Gasteiger partial charge in [-0.3, -0.25) is 20.4 Å². The largest absolute Gasteiger partial charge is 0.497 e. The number of thiocarbonyl (C=S) groups is 1. The maximum Gasteiger partial charge on any atom is 0.238 e. The number of amides is 1. The highest BCUT2D eigenvalue weighted by molar-refractivity contribution is 7.80. The molecule has 3 N–H and O–H groups in total. The number of carbonyl (C=O) groups is 2. The molecule has 0 unspecified atom stereocenters. The third-order valence-electron chi connectivity index (χ3n) is 3.60. The molecule has 2 rings (SSSR count).